The van der Waals surface area contributed by atoms with Crippen molar-refractivity contribution in [3.8, 4) is 5.75 Å². The molecule has 6 nitrogen and oxygen atoms in total. The van der Waals surface area contributed by atoms with E-state index in [1.54, 1.807) is 48.5 Å². The van der Waals surface area contributed by atoms with Gasteiger partial charge in [-0.1, -0.05) is 11.6 Å². The number of quaternary nitrogens is 1. The van der Waals surface area contributed by atoms with E-state index in [-0.39, 0.29) is 12.4 Å². The molecule has 0 spiro atoms. The third kappa shape index (κ3) is 8.64. The van der Waals surface area contributed by atoms with Crippen molar-refractivity contribution < 1.29 is 29.0 Å². The minimum Gasteiger partial charge on any atom is -0.478 e. The van der Waals surface area contributed by atoms with Gasteiger partial charge in [0.15, 0.2) is 11.4 Å². The highest BCUT2D eigenvalue weighted by molar-refractivity contribution is 6.30. The molecule has 0 aromatic heterocycles. The van der Waals surface area contributed by atoms with Gasteiger partial charge in [-0.15, -0.1) is 0 Å². The third-order valence-electron chi connectivity index (χ3n) is 3.88. The number of rotatable bonds is 7. The molecule has 2 N–H and O–H groups in total. The summed E-state index contributed by atoms with van der Waals surface area (Å²) in [6.07, 6.45) is 0. The van der Waals surface area contributed by atoms with Crippen molar-refractivity contribution in [3.05, 3.63) is 64.7 Å². The summed E-state index contributed by atoms with van der Waals surface area (Å²) < 4.78 is 6.23. The summed E-state index contributed by atoms with van der Waals surface area (Å²) in [5.41, 5.74) is -0.312. The monoisotopic (exact) mass is 422 g/mol. The van der Waals surface area contributed by atoms with Crippen LogP contribution in [0, 0.1) is 0 Å². The molecule has 158 valence electrons. The number of carboxylic acids is 1. The number of halogens is 1. The highest BCUT2D eigenvalue weighted by Gasteiger charge is 2.29. The van der Waals surface area contributed by atoms with E-state index in [1.807, 2.05) is 0 Å². The Balaban J connectivity index is 0.000000516. The van der Waals surface area contributed by atoms with Gasteiger partial charge in [-0.2, -0.15) is 0 Å². The maximum atomic E-state index is 12.3. The van der Waals surface area contributed by atoms with Crippen molar-refractivity contribution in [1.29, 1.82) is 0 Å². The van der Waals surface area contributed by atoms with E-state index in [2.05, 4.69) is 21.1 Å². The topological polar surface area (TPSA) is 83.8 Å². The Labute approximate surface area is 176 Å². The van der Waals surface area contributed by atoms with E-state index >= 15 is 0 Å². The lowest BCUT2D eigenvalue weighted by Gasteiger charge is -2.21. The number of benzene rings is 2. The van der Waals surface area contributed by atoms with Gasteiger partial charge in [0.2, 0.25) is 0 Å². The molecule has 0 aliphatic heterocycles. The maximum Gasteiger partial charge on any atom is 0.347 e. The number of ketones is 1. The van der Waals surface area contributed by atoms with Crippen molar-refractivity contribution >= 4 is 23.4 Å². The number of aliphatic hydroxyl groups is 1. The van der Waals surface area contributed by atoms with E-state index in [4.69, 9.17) is 26.6 Å². The molecular formula is C22H29ClNO5+. The Bertz CT molecular complexity index is 809. The van der Waals surface area contributed by atoms with E-state index in [9.17, 15) is 9.59 Å². The van der Waals surface area contributed by atoms with Gasteiger partial charge in [0, 0.05) is 16.1 Å². The summed E-state index contributed by atoms with van der Waals surface area (Å²) in [5, 5.41) is 18.0. The van der Waals surface area contributed by atoms with Crippen molar-refractivity contribution in [2.24, 2.45) is 0 Å². The molecule has 2 aromatic carbocycles. The molecular weight excluding hydrogens is 394 g/mol. The predicted molar refractivity (Wildman–Crippen MR) is 114 cm³/mol. The normalized spacial score (nSPS) is 11.3. The van der Waals surface area contributed by atoms with Gasteiger partial charge in [0.1, 0.15) is 12.3 Å². The van der Waals surface area contributed by atoms with Crippen LogP contribution in [0.5, 0.6) is 5.75 Å². The largest absolute Gasteiger partial charge is 0.478 e. The van der Waals surface area contributed by atoms with Gasteiger partial charge in [-0.25, -0.2) is 4.79 Å². The number of likely N-dealkylation sites (N-methyl/N-ethyl adjacent to an activating group) is 1. The molecule has 0 radical (unpaired) electrons. The molecule has 0 unspecified atom stereocenters. The highest BCUT2D eigenvalue weighted by atomic mass is 35.5. The molecule has 0 heterocycles. The van der Waals surface area contributed by atoms with Crippen molar-refractivity contribution in [3.63, 3.8) is 0 Å². The van der Waals surface area contributed by atoms with Crippen molar-refractivity contribution in [1.82, 2.24) is 0 Å². The summed E-state index contributed by atoms with van der Waals surface area (Å²) in [6.45, 7) is 4.04. The van der Waals surface area contributed by atoms with E-state index in [0.29, 0.717) is 21.9 Å². The van der Waals surface area contributed by atoms with Crippen molar-refractivity contribution in [2.45, 2.75) is 19.4 Å². The van der Waals surface area contributed by atoms with E-state index in [1.165, 1.54) is 13.8 Å². The van der Waals surface area contributed by atoms with Crippen LogP contribution >= 0.6 is 11.6 Å². The molecule has 0 aliphatic rings. The summed E-state index contributed by atoms with van der Waals surface area (Å²) in [4.78, 5) is 23.3. The first-order chi connectivity index (χ1) is 13.4. The number of hydrogen-bond acceptors (Lipinski definition) is 4. The fraction of sp³-hybridized carbons (Fsp3) is 0.364. The number of ether oxygens (including phenoxy) is 1. The van der Waals surface area contributed by atoms with Gasteiger partial charge in [0.25, 0.3) is 0 Å². The van der Waals surface area contributed by atoms with Gasteiger partial charge in [0.05, 0.1) is 27.7 Å². The molecule has 0 bridgehead atoms. The number of carboxylic acid groups (broad SMARTS) is 1. The van der Waals surface area contributed by atoms with Crippen LogP contribution in [0.1, 0.15) is 29.8 Å². The fourth-order valence-corrected chi connectivity index (χ4v) is 2.21. The minimum atomic E-state index is -1.33. The lowest BCUT2D eigenvalue weighted by Crippen LogP contribution is -2.37. The Kier molecular flexibility index (Phi) is 8.82. The Morgan fingerprint density at radius 2 is 1.41 bits per heavy atom. The van der Waals surface area contributed by atoms with Crippen LogP contribution in [0.25, 0.3) is 0 Å². The first-order valence-electron chi connectivity index (χ1n) is 9.10. The fourth-order valence-electron chi connectivity index (χ4n) is 2.08. The molecule has 0 amide bonds. The zero-order valence-electron chi connectivity index (χ0n) is 17.5. The smallest absolute Gasteiger partial charge is 0.347 e. The van der Waals surface area contributed by atoms with E-state index in [0.717, 1.165) is 11.0 Å². The van der Waals surface area contributed by atoms with Crippen LogP contribution in [0.3, 0.4) is 0 Å². The summed E-state index contributed by atoms with van der Waals surface area (Å²) >= 11 is 5.79. The highest BCUT2D eigenvalue weighted by Crippen LogP contribution is 2.21. The first kappa shape index (κ1) is 24.6. The zero-order chi connectivity index (χ0) is 22.2. The van der Waals surface area contributed by atoms with Crippen molar-refractivity contribution in [2.75, 3.05) is 34.3 Å². The summed E-state index contributed by atoms with van der Waals surface area (Å²) in [5.74, 6) is -0.811. The van der Waals surface area contributed by atoms with Crippen LogP contribution < -0.4 is 4.74 Å². The number of carbonyl (C=O) groups excluding carboxylic acids is 1. The third-order valence-corrected chi connectivity index (χ3v) is 4.13. The van der Waals surface area contributed by atoms with Gasteiger partial charge in [-0.05, 0) is 62.4 Å². The molecule has 0 fully saturated rings. The lowest BCUT2D eigenvalue weighted by atomic mass is 10.0. The minimum absolute atomic E-state index is 0.138. The number of carbonyl (C=O) groups is 2. The Morgan fingerprint density at radius 1 is 0.966 bits per heavy atom. The molecule has 0 saturated carbocycles. The van der Waals surface area contributed by atoms with Gasteiger partial charge in [-0.3, -0.25) is 4.79 Å². The number of aliphatic hydroxyl groups excluding tert-OH is 1. The standard InChI is InChI=1S/C17H15ClO4.C5H14NO/c1-17(2,16(20)21)22-14-9-5-12(6-10-14)15(19)11-3-7-13(18)8-4-11;1-6(2,3)4-5-7/h3-10H,1-2H3,(H,20,21);7H,4-5H2,1-3H3/q;+1. The second kappa shape index (κ2) is 10.4. The molecule has 2 aromatic rings. The number of hydrogen-bond donors (Lipinski definition) is 2. The van der Waals surface area contributed by atoms with Gasteiger partial charge >= 0.3 is 5.97 Å². The molecule has 0 saturated heterocycles. The second-order valence-electron chi connectivity index (χ2n) is 8.02. The van der Waals surface area contributed by atoms with Crippen LogP contribution in [0.2, 0.25) is 5.02 Å². The number of nitrogens with zero attached hydrogens (tertiary/aromatic N) is 1. The zero-order valence-corrected chi connectivity index (χ0v) is 18.2. The van der Waals surface area contributed by atoms with Gasteiger partial charge < -0.3 is 19.4 Å². The SMILES string of the molecule is CC(C)(Oc1ccc(C(=O)c2ccc(Cl)cc2)cc1)C(=O)O.C[N+](C)(C)CCO. The van der Waals surface area contributed by atoms with Crippen LogP contribution in [0.15, 0.2) is 48.5 Å². The average Bonchev–Trinajstić information content (AvgIpc) is 2.61. The quantitative estimate of drug-likeness (QED) is 0.527. The summed E-state index contributed by atoms with van der Waals surface area (Å²) in [7, 11) is 6.16. The average molecular weight is 423 g/mol. The number of aliphatic carboxylic acids is 1. The molecule has 2 rings (SSSR count). The first-order valence-corrected chi connectivity index (χ1v) is 9.47. The molecule has 29 heavy (non-hydrogen) atoms. The predicted octanol–water partition coefficient (Wildman–Crippen LogP) is 3.50. The van der Waals surface area contributed by atoms with E-state index < -0.39 is 11.6 Å². The summed E-state index contributed by atoms with van der Waals surface area (Å²) in [6, 6.07) is 13.0. The maximum absolute atomic E-state index is 12.3. The Hall–Kier alpha value is -2.41. The van der Waals surface area contributed by atoms with Crippen LogP contribution in [-0.4, -0.2) is 66.3 Å². The molecule has 7 heteroatoms. The molecule has 0 aliphatic carbocycles. The second-order valence-corrected chi connectivity index (χ2v) is 8.45. The van der Waals surface area contributed by atoms with Crippen LogP contribution in [0.4, 0.5) is 0 Å². The molecule has 0 atom stereocenters. The lowest BCUT2D eigenvalue weighted by molar-refractivity contribution is -0.870. The Morgan fingerprint density at radius 3 is 1.76 bits per heavy atom. The van der Waals surface area contributed by atoms with Crippen LogP contribution in [-0.2, 0) is 4.79 Å².